The molecule has 0 aliphatic heterocycles. The van der Waals surface area contributed by atoms with Gasteiger partial charge in [-0.25, -0.2) is 9.13 Å². The largest absolute Gasteiger partial charge is 0.483 e. The maximum Gasteiger partial charge on any atom is 0.483 e. The van der Waals surface area contributed by atoms with Crippen molar-refractivity contribution in [1.29, 1.82) is 0 Å². The molecule has 9 heteroatoms. The Morgan fingerprint density at radius 3 is 1.52 bits per heavy atom. The average Bonchev–Trinajstić information content (AvgIpc) is 2.36. The molecular formula is C12H28O7P2. The second kappa shape index (κ2) is 11.8. The summed E-state index contributed by atoms with van der Waals surface area (Å²) in [6.07, 6.45) is 7.19. The first-order valence-corrected chi connectivity index (χ1v) is 10.5. The van der Waals surface area contributed by atoms with Crippen LogP contribution in [0.3, 0.4) is 0 Å². The minimum absolute atomic E-state index is 0.0895. The minimum atomic E-state index is -4.92. The van der Waals surface area contributed by atoms with Gasteiger partial charge in [0, 0.05) is 0 Å². The van der Waals surface area contributed by atoms with E-state index in [-0.39, 0.29) is 13.2 Å². The first kappa shape index (κ1) is 21.3. The van der Waals surface area contributed by atoms with Gasteiger partial charge in [0.1, 0.15) is 0 Å². The van der Waals surface area contributed by atoms with Crippen molar-refractivity contribution in [1.82, 2.24) is 0 Å². The van der Waals surface area contributed by atoms with Crippen molar-refractivity contribution in [3.63, 3.8) is 0 Å². The summed E-state index contributed by atoms with van der Waals surface area (Å²) in [6, 6.07) is 0. The van der Waals surface area contributed by atoms with Crippen LogP contribution in [0.1, 0.15) is 65.2 Å². The molecule has 0 bridgehead atoms. The molecule has 0 atom stereocenters. The van der Waals surface area contributed by atoms with Crippen molar-refractivity contribution >= 4 is 15.6 Å². The van der Waals surface area contributed by atoms with Crippen LogP contribution in [0.15, 0.2) is 0 Å². The Kier molecular flexibility index (Phi) is 11.9. The van der Waals surface area contributed by atoms with Crippen LogP contribution >= 0.6 is 15.6 Å². The van der Waals surface area contributed by atoms with Gasteiger partial charge in [0.05, 0.1) is 13.2 Å². The van der Waals surface area contributed by atoms with E-state index < -0.39 is 15.6 Å². The zero-order chi connectivity index (χ0) is 16.2. The number of rotatable bonds is 14. The molecule has 2 N–H and O–H groups in total. The van der Waals surface area contributed by atoms with Gasteiger partial charge in [0.2, 0.25) is 0 Å². The highest BCUT2D eigenvalue weighted by molar-refractivity contribution is 7.61. The van der Waals surface area contributed by atoms with Crippen molar-refractivity contribution in [3.8, 4) is 0 Å². The third-order valence-electron chi connectivity index (χ3n) is 2.70. The topological polar surface area (TPSA) is 102 Å². The van der Waals surface area contributed by atoms with Gasteiger partial charge in [-0.15, -0.1) is 0 Å². The fourth-order valence-corrected chi connectivity index (χ4v) is 3.82. The molecule has 128 valence electrons. The summed E-state index contributed by atoms with van der Waals surface area (Å²) in [5, 5.41) is 0. The maximum atomic E-state index is 12.1. The molecule has 0 aromatic carbocycles. The molecule has 0 unspecified atom stereocenters. The monoisotopic (exact) mass is 346 g/mol. The van der Waals surface area contributed by atoms with Crippen LogP contribution in [-0.4, -0.2) is 23.0 Å². The van der Waals surface area contributed by atoms with Gasteiger partial charge in [-0.2, -0.15) is 4.31 Å². The van der Waals surface area contributed by atoms with Crippen LogP contribution in [0.4, 0.5) is 0 Å². The molecular weight excluding hydrogens is 318 g/mol. The van der Waals surface area contributed by atoms with Gasteiger partial charge < -0.3 is 9.79 Å². The van der Waals surface area contributed by atoms with Crippen molar-refractivity contribution in [2.75, 3.05) is 13.2 Å². The van der Waals surface area contributed by atoms with Crippen LogP contribution in [0.5, 0.6) is 0 Å². The molecule has 0 aliphatic carbocycles. The highest BCUT2D eigenvalue weighted by Gasteiger charge is 2.35. The van der Waals surface area contributed by atoms with Gasteiger partial charge in [-0.05, 0) is 12.8 Å². The molecule has 0 aromatic rings. The first-order valence-electron chi connectivity index (χ1n) is 7.49. The smallest absolute Gasteiger partial charge is 0.302 e. The normalized spacial score (nSPS) is 12.8. The van der Waals surface area contributed by atoms with Crippen LogP contribution < -0.4 is 0 Å². The predicted molar refractivity (Wildman–Crippen MR) is 80.9 cm³/mol. The summed E-state index contributed by atoms with van der Waals surface area (Å²) in [7, 11) is -9.12. The standard InChI is InChI=1S/C12H28O7P2/c1-3-5-7-9-11-17-21(16,19-20(13,14)15)18-12-10-8-6-4-2/h3-12H2,1-2H3,(H2,13,14,15). The zero-order valence-corrected chi connectivity index (χ0v) is 14.7. The first-order chi connectivity index (χ1) is 9.83. The molecule has 0 heterocycles. The Balaban J connectivity index is 4.21. The number of unbranched alkanes of at least 4 members (excludes halogenated alkanes) is 6. The van der Waals surface area contributed by atoms with Gasteiger partial charge in [-0.1, -0.05) is 52.4 Å². The number of phosphoric acid groups is 2. The quantitative estimate of drug-likeness (QED) is 0.355. The number of hydrogen-bond acceptors (Lipinski definition) is 5. The van der Waals surface area contributed by atoms with Crippen molar-refractivity contribution in [2.45, 2.75) is 65.2 Å². The molecule has 0 aliphatic rings. The van der Waals surface area contributed by atoms with Gasteiger partial charge in [0.15, 0.2) is 0 Å². The molecule has 0 saturated carbocycles. The van der Waals surface area contributed by atoms with Gasteiger partial charge >= 0.3 is 15.6 Å². The summed E-state index contributed by atoms with van der Waals surface area (Å²) < 4.78 is 37.2. The Bertz CT molecular complexity index is 324. The lowest BCUT2D eigenvalue weighted by Gasteiger charge is -2.18. The summed E-state index contributed by atoms with van der Waals surface area (Å²) in [5.74, 6) is 0. The lowest BCUT2D eigenvalue weighted by atomic mass is 10.2. The van der Waals surface area contributed by atoms with E-state index in [1.165, 1.54) is 0 Å². The highest BCUT2D eigenvalue weighted by atomic mass is 31.3. The molecule has 0 spiro atoms. The van der Waals surface area contributed by atoms with E-state index >= 15 is 0 Å². The average molecular weight is 346 g/mol. The van der Waals surface area contributed by atoms with E-state index in [9.17, 15) is 9.13 Å². The fourth-order valence-electron chi connectivity index (χ4n) is 1.63. The molecule has 0 fully saturated rings. The summed E-state index contributed by atoms with van der Waals surface area (Å²) in [6.45, 7) is 4.29. The van der Waals surface area contributed by atoms with Gasteiger partial charge in [-0.3, -0.25) is 9.05 Å². The van der Waals surface area contributed by atoms with E-state index in [1.807, 2.05) is 0 Å². The summed E-state index contributed by atoms with van der Waals surface area (Å²) in [5.41, 5.74) is 0. The number of hydrogen-bond donors (Lipinski definition) is 2. The molecule has 7 nitrogen and oxygen atoms in total. The third-order valence-corrected chi connectivity index (χ3v) is 5.35. The molecule has 0 radical (unpaired) electrons. The van der Waals surface area contributed by atoms with Crippen molar-refractivity contribution in [3.05, 3.63) is 0 Å². The Hall–Kier alpha value is 0.260. The fraction of sp³-hybridized carbons (Fsp3) is 1.00. The Labute approximate surface area is 127 Å². The summed E-state index contributed by atoms with van der Waals surface area (Å²) >= 11 is 0. The highest BCUT2D eigenvalue weighted by Crippen LogP contribution is 2.61. The molecule has 21 heavy (non-hydrogen) atoms. The van der Waals surface area contributed by atoms with Crippen molar-refractivity contribution < 1.29 is 32.3 Å². The zero-order valence-electron chi connectivity index (χ0n) is 12.9. The molecule has 0 aromatic heterocycles. The van der Waals surface area contributed by atoms with E-state index in [1.54, 1.807) is 0 Å². The minimum Gasteiger partial charge on any atom is -0.302 e. The summed E-state index contributed by atoms with van der Waals surface area (Å²) in [4.78, 5) is 17.6. The Morgan fingerprint density at radius 2 is 1.19 bits per heavy atom. The predicted octanol–water partition coefficient (Wildman–Crippen LogP) is 4.40. The SMILES string of the molecule is CCCCCCOP(=O)(OCCCCCC)OP(=O)(O)O. The van der Waals surface area contributed by atoms with Crippen LogP contribution in [0, 0.1) is 0 Å². The lowest BCUT2D eigenvalue weighted by molar-refractivity contribution is 0.136. The third kappa shape index (κ3) is 13.6. The van der Waals surface area contributed by atoms with E-state index in [0.717, 1.165) is 38.5 Å². The van der Waals surface area contributed by atoms with E-state index in [0.29, 0.717) is 12.8 Å². The molecule has 0 amide bonds. The van der Waals surface area contributed by atoms with E-state index in [2.05, 4.69) is 18.2 Å². The van der Waals surface area contributed by atoms with Crippen LogP contribution in [0.25, 0.3) is 0 Å². The van der Waals surface area contributed by atoms with Gasteiger partial charge in [0.25, 0.3) is 0 Å². The molecule has 0 saturated heterocycles. The van der Waals surface area contributed by atoms with Crippen molar-refractivity contribution in [2.24, 2.45) is 0 Å². The van der Waals surface area contributed by atoms with E-state index in [4.69, 9.17) is 18.8 Å². The lowest BCUT2D eigenvalue weighted by Crippen LogP contribution is -2.02. The van der Waals surface area contributed by atoms with Crippen LogP contribution in [-0.2, 0) is 22.5 Å². The maximum absolute atomic E-state index is 12.1. The Morgan fingerprint density at radius 1 is 0.762 bits per heavy atom. The second-order valence-corrected chi connectivity index (χ2v) is 7.85. The number of phosphoric ester groups is 1. The second-order valence-electron chi connectivity index (χ2n) is 4.81. The molecule has 0 rings (SSSR count). The van der Waals surface area contributed by atoms with Crippen LogP contribution in [0.2, 0.25) is 0 Å².